The molecule has 0 aromatic heterocycles. The van der Waals surface area contributed by atoms with E-state index in [1.54, 1.807) is 6.08 Å². The van der Waals surface area contributed by atoms with Crippen LogP contribution in [0.15, 0.2) is 61.3 Å². The molecule has 0 aliphatic heterocycles. The summed E-state index contributed by atoms with van der Waals surface area (Å²) in [6.45, 7) is 5.90. The Morgan fingerprint density at radius 2 is 1.05 bits per heavy atom. The average Bonchev–Trinajstić information content (AvgIpc) is 2.50. The minimum Gasteiger partial charge on any atom is -0.0991 e. The summed E-state index contributed by atoms with van der Waals surface area (Å²) in [6.07, 6.45) is 32.1. The highest BCUT2D eigenvalue weighted by Gasteiger charge is 1.90. The van der Waals surface area contributed by atoms with Crippen LogP contribution in [0.5, 0.6) is 0 Å². The van der Waals surface area contributed by atoms with Crippen LogP contribution in [0, 0.1) is 0 Å². The fraction of sp³-hybridized carbons (Fsp3) is 0.524. The second kappa shape index (κ2) is 18.7. The molecule has 0 aromatic carbocycles. The smallest absolute Gasteiger partial charge is 0.0348 e. The maximum atomic E-state index is 3.62. The van der Waals surface area contributed by atoms with Crippen LogP contribution in [-0.4, -0.2) is 0 Å². The van der Waals surface area contributed by atoms with Gasteiger partial charge >= 0.3 is 0 Å². The molecule has 0 aromatic rings. The lowest BCUT2D eigenvalue weighted by Crippen LogP contribution is -1.80. The third kappa shape index (κ3) is 18.7. The maximum absolute atomic E-state index is 3.62. The van der Waals surface area contributed by atoms with Crippen molar-refractivity contribution in [2.24, 2.45) is 0 Å². The first-order chi connectivity index (χ1) is 10.4. The van der Waals surface area contributed by atoms with Crippen molar-refractivity contribution in [2.75, 3.05) is 0 Å². The summed E-state index contributed by atoms with van der Waals surface area (Å²) >= 11 is 0. The predicted octanol–water partition coefficient (Wildman–Crippen LogP) is 7.32. The molecular weight excluding hydrogens is 252 g/mol. The van der Waals surface area contributed by atoms with E-state index in [-0.39, 0.29) is 0 Å². The average molecular weight is 287 g/mol. The summed E-state index contributed by atoms with van der Waals surface area (Å²) in [6, 6.07) is 0. The molecule has 118 valence electrons. The van der Waals surface area contributed by atoms with Crippen LogP contribution >= 0.6 is 0 Å². The van der Waals surface area contributed by atoms with Crippen LogP contribution in [-0.2, 0) is 0 Å². The van der Waals surface area contributed by atoms with Crippen LogP contribution in [0.25, 0.3) is 0 Å². The van der Waals surface area contributed by atoms with E-state index >= 15 is 0 Å². The zero-order valence-corrected chi connectivity index (χ0v) is 14.0. The Labute approximate surface area is 133 Å². The van der Waals surface area contributed by atoms with E-state index in [0.29, 0.717) is 0 Å². The highest BCUT2D eigenvalue weighted by atomic mass is 14.0. The second-order valence-electron chi connectivity index (χ2n) is 5.44. The quantitative estimate of drug-likeness (QED) is 0.232. The van der Waals surface area contributed by atoms with E-state index < -0.39 is 0 Å². The Morgan fingerprint density at radius 1 is 0.571 bits per heavy atom. The molecule has 0 fully saturated rings. The Balaban J connectivity index is 3.28. The molecule has 0 rings (SSSR count). The number of hydrogen-bond donors (Lipinski definition) is 0. The van der Waals surface area contributed by atoms with Crippen LogP contribution in [0.1, 0.15) is 71.1 Å². The van der Waals surface area contributed by atoms with Gasteiger partial charge < -0.3 is 0 Å². The van der Waals surface area contributed by atoms with Crippen LogP contribution in [0.2, 0.25) is 0 Å². The lowest BCUT2D eigenvalue weighted by Gasteiger charge is -2.00. The van der Waals surface area contributed by atoms with Gasteiger partial charge in [0.15, 0.2) is 0 Å². The minimum absolute atomic E-state index is 1.21. The van der Waals surface area contributed by atoms with Crippen molar-refractivity contribution in [1.82, 2.24) is 0 Å². The molecule has 0 nitrogen and oxygen atoms in total. The molecule has 0 bridgehead atoms. The summed E-state index contributed by atoms with van der Waals surface area (Å²) < 4.78 is 0. The molecule has 0 N–H and O–H groups in total. The van der Waals surface area contributed by atoms with Crippen molar-refractivity contribution >= 4 is 0 Å². The standard InChI is InChI=1S/C21H34/c1-3-5-7-9-11-13-15-17-19-21-20-18-16-14-12-10-8-6-4-2/h3,5,7,9,11,13,15,17,19H,1,4,6,8,10,12,14,16,18,20-21H2,2H3/b7-5+,11-9+,15-13+,19-17+. The van der Waals surface area contributed by atoms with Gasteiger partial charge in [-0.05, 0) is 12.8 Å². The van der Waals surface area contributed by atoms with Crippen molar-refractivity contribution in [3.05, 3.63) is 61.3 Å². The molecule has 0 heteroatoms. The van der Waals surface area contributed by atoms with Gasteiger partial charge in [0.25, 0.3) is 0 Å². The fourth-order valence-electron chi connectivity index (χ4n) is 2.15. The maximum Gasteiger partial charge on any atom is -0.0348 e. The van der Waals surface area contributed by atoms with Gasteiger partial charge in [-0.3, -0.25) is 0 Å². The topological polar surface area (TPSA) is 0 Å². The van der Waals surface area contributed by atoms with Crippen molar-refractivity contribution in [2.45, 2.75) is 71.1 Å². The van der Waals surface area contributed by atoms with E-state index in [4.69, 9.17) is 0 Å². The highest BCUT2D eigenvalue weighted by Crippen LogP contribution is 2.10. The van der Waals surface area contributed by atoms with E-state index in [1.165, 1.54) is 64.2 Å². The van der Waals surface area contributed by atoms with Crippen molar-refractivity contribution in [3.8, 4) is 0 Å². The highest BCUT2D eigenvalue weighted by molar-refractivity contribution is 5.17. The van der Waals surface area contributed by atoms with E-state index in [2.05, 4.69) is 37.8 Å². The fourth-order valence-corrected chi connectivity index (χ4v) is 2.15. The van der Waals surface area contributed by atoms with E-state index in [1.807, 2.05) is 24.3 Å². The third-order valence-electron chi connectivity index (χ3n) is 3.41. The van der Waals surface area contributed by atoms with Crippen molar-refractivity contribution in [3.63, 3.8) is 0 Å². The van der Waals surface area contributed by atoms with Gasteiger partial charge in [-0.1, -0.05) is 120 Å². The van der Waals surface area contributed by atoms with Crippen LogP contribution < -0.4 is 0 Å². The Morgan fingerprint density at radius 3 is 1.62 bits per heavy atom. The number of rotatable bonds is 14. The van der Waals surface area contributed by atoms with Crippen molar-refractivity contribution < 1.29 is 0 Å². The van der Waals surface area contributed by atoms with Gasteiger partial charge in [-0.25, -0.2) is 0 Å². The number of allylic oxidation sites excluding steroid dienone is 9. The van der Waals surface area contributed by atoms with Gasteiger partial charge in [-0.15, -0.1) is 0 Å². The van der Waals surface area contributed by atoms with Crippen LogP contribution in [0.4, 0.5) is 0 Å². The minimum atomic E-state index is 1.21. The van der Waals surface area contributed by atoms with E-state index in [9.17, 15) is 0 Å². The largest absolute Gasteiger partial charge is 0.0991 e. The van der Waals surface area contributed by atoms with Gasteiger partial charge in [0, 0.05) is 0 Å². The first-order valence-corrected chi connectivity index (χ1v) is 8.69. The number of unbranched alkanes of at least 4 members (excludes halogenated alkanes) is 9. The molecule has 0 saturated carbocycles. The molecule has 21 heavy (non-hydrogen) atoms. The van der Waals surface area contributed by atoms with E-state index in [0.717, 1.165) is 0 Å². The van der Waals surface area contributed by atoms with Crippen LogP contribution in [0.3, 0.4) is 0 Å². The second-order valence-corrected chi connectivity index (χ2v) is 5.44. The van der Waals surface area contributed by atoms with Gasteiger partial charge in [0.2, 0.25) is 0 Å². The molecule has 0 radical (unpaired) electrons. The van der Waals surface area contributed by atoms with Gasteiger partial charge in [-0.2, -0.15) is 0 Å². The molecule has 0 spiro atoms. The Kier molecular flexibility index (Phi) is 17.5. The first kappa shape index (κ1) is 19.7. The monoisotopic (exact) mass is 286 g/mol. The summed E-state index contributed by atoms with van der Waals surface area (Å²) in [4.78, 5) is 0. The zero-order chi connectivity index (χ0) is 15.4. The molecule has 0 aliphatic rings. The first-order valence-electron chi connectivity index (χ1n) is 8.69. The van der Waals surface area contributed by atoms with Crippen molar-refractivity contribution in [1.29, 1.82) is 0 Å². The summed E-state index contributed by atoms with van der Waals surface area (Å²) in [5.41, 5.74) is 0. The molecule has 0 heterocycles. The molecule has 0 atom stereocenters. The molecule has 0 saturated heterocycles. The molecule has 0 unspecified atom stereocenters. The number of hydrogen-bond acceptors (Lipinski definition) is 0. The normalized spacial score (nSPS) is 12.4. The Hall–Kier alpha value is -1.30. The summed E-state index contributed by atoms with van der Waals surface area (Å²) in [5, 5.41) is 0. The predicted molar refractivity (Wildman–Crippen MR) is 98.6 cm³/mol. The van der Waals surface area contributed by atoms with Gasteiger partial charge in [0.1, 0.15) is 0 Å². The molecule has 0 amide bonds. The SMILES string of the molecule is C=C/C=C/C=C/C=C/C=C/CCCCCCCCCCC. The lowest BCUT2D eigenvalue weighted by atomic mass is 10.1. The third-order valence-corrected chi connectivity index (χ3v) is 3.41. The Bertz CT molecular complexity index is 315. The molecular formula is C21H34. The summed E-state index contributed by atoms with van der Waals surface area (Å²) in [5.74, 6) is 0. The lowest BCUT2D eigenvalue weighted by molar-refractivity contribution is 0.566. The zero-order valence-electron chi connectivity index (χ0n) is 14.0. The van der Waals surface area contributed by atoms with Gasteiger partial charge in [0.05, 0.1) is 0 Å². The summed E-state index contributed by atoms with van der Waals surface area (Å²) in [7, 11) is 0. The molecule has 0 aliphatic carbocycles.